The minimum Gasteiger partial charge on any atom is -0.374 e. The van der Waals surface area contributed by atoms with Gasteiger partial charge in [-0.2, -0.15) is 0 Å². The smallest absolute Gasteiger partial charge is 0.214 e. The third kappa shape index (κ3) is 4.24. The minimum atomic E-state index is -1.73. The van der Waals surface area contributed by atoms with Crippen LogP contribution in [0.4, 0.5) is 4.39 Å². The number of imidazole rings is 1. The molecule has 10 nitrogen and oxygen atoms in total. The van der Waals surface area contributed by atoms with Gasteiger partial charge in [-0.25, -0.2) is 30.1 Å². The molecule has 1 saturated heterocycles. The summed E-state index contributed by atoms with van der Waals surface area (Å²) >= 11 is 6.20. The highest BCUT2D eigenvalue weighted by atomic mass is 35.5. The Balaban J connectivity index is 1.71. The number of hydroxylamine groups is 1. The van der Waals surface area contributed by atoms with Crippen LogP contribution in [0, 0.1) is 17.2 Å². The number of halogens is 2. The number of nitrogens with one attached hydrogen (secondary N) is 2. The van der Waals surface area contributed by atoms with Crippen molar-refractivity contribution < 1.29 is 19.4 Å². The molecule has 0 bridgehead atoms. The van der Waals surface area contributed by atoms with Crippen molar-refractivity contribution in [1.82, 2.24) is 30.0 Å². The van der Waals surface area contributed by atoms with Gasteiger partial charge in [-0.05, 0) is 30.7 Å². The van der Waals surface area contributed by atoms with Crippen molar-refractivity contribution in [3.8, 4) is 11.3 Å². The lowest BCUT2D eigenvalue weighted by molar-refractivity contribution is -0.273. The van der Waals surface area contributed by atoms with E-state index < -0.39 is 5.67 Å². The molecule has 5 rings (SSSR count). The molecule has 3 aromatic rings. The third-order valence-corrected chi connectivity index (χ3v) is 6.80. The average Bonchev–Trinajstić information content (AvgIpc) is 3.17. The van der Waals surface area contributed by atoms with Gasteiger partial charge in [0.05, 0.1) is 18.2 Å². The zero-order chi connectivity index (χ0) is 23.9. The molecule has 3 aromatic heterocycles. The highest BCUT2D eigenvalue weighted by Crippen LogP contribution is 2.39. The molecule has 34 heavy (non-hydrogen) atoms. The van der Waals surface area contributed by atoms with Crippen LogP contribution in [0.2, 0.25) is 5.02 Å². The summed E-state index contributed by atoms with van der Waals surface area (Å²) < 4.78 is 22.8. The number of pyridine rings is 1. The normalized spacial score (nSPS) is 21.9. The molecule has 180 valence electrons. The van der Waals surface area contributed by atoms with E-state index in [-0.39, 0.29) is 36.3 Å². The fourth-order valence-corrected chi connectivity index (χ4v) is 4.86. The van der Waals surface area contributed by atoms with Gasteiger partial charge in [0.1, 0.15) is 11.2 Å². The van der Waals surface area contributed by atoms with Crippen molar-refractivity contribution in [2.45, 2.75) is 44.8 Å². The summed E-state index contributed by atoms with van der Waals surface area (Å²) in [4.78, 5) is 21.5. The van der Waals surface area contributed by atoms with Gasteiger partial charge in [-0.3, -0.25) is 10.4 Å². The van der Waals surface area contributed by atoms with Crippen molar-refractivity contribution in [1.29, 1.82) is 5.41 Å². The Morgan fingerprint density at radius 1 is 1.29 bits per heavy atom. The van der Waals surface area contributed by atoms with Crippen molar-refractivity contribution in [2.24, 2.45) is 11.8 Å². The van der Waals surface area contributed by atoms with Crippen molar-refractivity contribution >= 4 is 28.6 Å². The second-order valence-electron chi connectivity index (χ2n) is 9.16. The highest BCUT2D eigenvalue weighted by Gasteiger charge is 2.46. The number of alkyl halides is 1. The molecule has 12 heteroatoms. The summed E-state index contributed by atoms with van der Waals surface area (Å²) in [7, 11) is 0. The summed E-state index contributed by atoms with van der Waals surface area (Å²) in [6, 6.07) is 1.69. The van der Waals surface area contributed by atoms with Gasteiger partial charge in [0.15, 0.2) is 23.1 Å². The number of fused-ring (bicyclic) bond motifs is 1. The lowest BCUT2D eigenvalue weighted by atomic mass is 9.83. The van der Waals surface area contributed by atoms with Crippen molar-refractivity contribution in [3.05, 3.63) is 35.1 Å². The monoisotopic (exact) mass is 489 g/mol. The van der Waals surface area contributed by atoms with E-state index in [1.54, 1.807) is 12.3 Å². The molecular weight excluding hydrogens is 465 g/mol. The fraction of sp³-hybridized carbons (Fsp3) is 0.500. The van der Waals surface area contributed by atoms with Gasteiger partial charge < -0.3 is 9.30 Å². The van der Waals surface area contributed by atoms with E-state index in [1.165, 1.54) is 6.20 Å². The Morgan fingerprint density at radius 2 is 2.06 bits per heavy atom. The first-order valence-electron chi connectivity index (χ1n) is 11.2. The topological polar surface area (TPSA) is 131 Å². The second-order valence-corrected chi connectivity index (χ2v) is 9.59. The molecule has 0 unspecified atom stereocenters. The lowest BCUT2D eigenvalue weighted by Crippen LogP contribution is -2.45. The maximum absolute atomic E-state index is 15.7. The molecule has 1 aliphatic heterocycles. The lowest BCUT2D eigenvalue weighted by Gasteiger charge is -2.34. The fourth-order valence-electron chi connectivity index (χ4n) is 4.68. The van der Waals surface area contributed by atoms with Crippen LogP contribution in [-0.2, 0) is 21.9 Å². The first-order chi connectivity index (χ1) is 16.4. The van der Waals surface area contributed by atoms with Crippen LogP contribution in [-0.4, -0.2) is 48.8 Å². The Hall–Kier alpha value is -2.73. The zero-order valence-electron chi connectivity index (χ0n) is 18.6. The van der Waals surface area contributed by atoms with Crippen LogP contribution in [0.1, 0.15) is 44.3 Å². The van der Waals surface area contributed by atoms with Crippen LogP contribution >= 0.6 is 11.6 Å². The second kappa shape index (κ2) is 9.14. The minimum absolute atomic E-state index is 0.0813. The van der Waals surface area contributed by atoms with Gasteiger partial charge in [0.25, 0.3) is 0 Å². The molecule has 2 fully saturated rings. The Labute approximate surface area is 199 Å². The summed E-state index contributed by atoms with van der Waals surface area (Å²) in [5.41, 5.74) is 2.03. The number of amidine groups is 1. The van der Waals surface area contributed by atoms with Crippen LogP contribution in [0.15, 0.2) is 18.5 Å². The molecule has 3 N–H and O–H groups in total. The Bertz CT molecular complexity index is 1220. The molecule has 0 spiro atoms. The number of ether oxygens (including phenoxy) is 1. The van der Waals surface area contributed by atoms with Gasteiger partial charge in [0.2, 0.25) is 5.67 Å². The quantitative estimate of drug-likeness (QED) is 0.206. The van der Waals surface area contributed by atoms with E-state index in [4.69, 9.17) is 27.0 Å². The van der Waals surface area contributed by atoms with Crippen LogP contribution in [0.3, 0.4) is 0 Å². The molecule has 1 aliphatic carbocycles. The number of hydrogen-bond acceptors (Lipinski definition) is 8. The van der Waals surface area contributed by atoms with Crippen LogP contribution in [0.5, 0.6) is 0 Å². The summed E-state index contributed by atoms with van der Waals surface area (Å²) in [5.74, 6) is 0.823. The summed E-state index contributed by atoms with van der Waals surface area (Å²) in [6.07, 6.45) is 7.45. The Kier molecular flexibility index (Phi) is 6.19. The maximum Gasteiger partial charge on any atom is 0.214 e. The van der Waals surface area contributed by atoms with Crippen LogP contribution < -0.4 is 5.48 Å². The van der Waals surface area contributed by atoms with E-state index in [2.05, 4.69) is 31.8 Å². The average molecular weight is 490 g/mol. The number of aromatic nitrogens is 5. The molecule has 2 aliphatic rings. The molecule has 1 saturated carbocycles. The van der Waals surface area contributed by atoms with E-state index >= 15 is 4.39 Å². The number of nitrogens with zero attached hydrogens (tertiary/aromatic N) is 5. The third-order valence-electron chi connectivity index (χ3n) is 6.59. The first-order valence-corrected chi connectivity index (χ1v) is 11.6. The van der Waals surface area contributed by atoms with Gasteiger partial charge in [-0.1, -0.05) is 31.4 Å². The van der Waals surface area contributed by atoms with Crippen molar-refractivity contribution in [3.63, 3.8) is 0 Å². The highest BCUT2D eigenvalue weighted by molar-refractivity contribution is 6.30. The van der Waals surface area contributed by atoms with E-state index in [0.717, 1.165) is 25.7 Å². The molecule has 0 aromatic carbocycles. The summed E-state index contributed by atoms with van der Waals surface area (Å²) in [5, 5.41) is 17.2. The van der Waals surface area contributed by atoms with E-state index in [0.29, 0.717) is 40.2 Å². The number of hydrogen-bond donors (Lipinski definition) is 3. The standard InChI is InChI=1S/C22H25ClFN7O3/c1-12-2-4-13(5-3-12)9-31-17-16(14-6-15(23)8-26-7-14)27-20(18(25)30-34-32)28-19(17)29-21(31)22(24)10-33-11-22/h6-8,12-13,32H,2-5,9-11H2,1H3,(H2,25,30)/t12-,13-. The largest absolute Gasteiger partial charge is 0.374 e. The van der Waals surface area contributed by atoms with Gasteiger partial charge in [-0.15, -0.1) is 4.99 Å². The van der Waals surface area contributed by atoms with Gasteiger partial charge in [0, 0.05) is 24.5 Å². The number of rotatable bonds is 6. The van der Waals surface area contributed by atoms with Gasteiger partial charge >= 0.3 is 0 Å². The SMILES string of the molecule is C[C@H]1CC[C@H](Cn2c(C3(F)COC3)nc3nc(C(=N)NOO)nc(-c4cncc(Cl)c4)c32)CC1. The van der Waals surface area contributed by atoms with E-state index in [1.807, 2.05) is 10.0 Å². The molecule has 0 amide bonds. The zero-order valence-corrected chi connectivity index (χ0v) is 19.3. The molecule has 0 atom stereocenters. The molecule has 0 radical (unpaired) electrons. The molecule has 4 heterocycles. The molecular formula is C22H25ClFN7O3. The van der Waals surface area contributed by atoms with Crippen LogP contribution in [0.25, 0.3) is 22.4 Å². The maximum atomic E-state index is 15.7. The summed E-state index contributed by atoms with van der Waals surface area (Å²) in [6.45, 7) is 2.67. The Morgan fingerprint density at radius 3 is 2.71 bits per heavy atom. The predicted octanol–water partition coefficient (Wildman–Crippen LogP) is 3.88. The van der Waals surface area contributed by atoms with Crippen molar-refractivity contribution in [2.75, 3.05) is 13.2 Å². The first kappa shape index (κ1) is 23.0. The van der Waals surface area contributed by atoms with E-state index in [9.17, 15) is 0 Å². The predicted molar refractivity (Wildman–Crippen MR) is 122 cm³/mol.